The van der Waals surface area contributed by atoms with Gasteiger partial charge in [0, 0.05) is 31.4 Å². The highest BCUT2D eigenvalue weighted by Crippen LogP contribution is 2.23. The van der Waals surface area contributed by atoms with E-state index in [9.17, 15) is 0 Å². The van der Waals surface area contributed by atoms with Crippen LogP contribution in [-0.4, -0.2) is 25.7 Å². The van der Waals surface area contributed by atoms with Crippen LogP contribution in [0.25, 0.3) is 0 Å². The topological polar surface area (TPSA) is 15.3 Å². The molecule has 1 fully saturated rings. The fourth-order valence-corrected chi connectivity index (χ4v) is 2.74. The Morgan fingerprint density at radius 3 is 2.83 bits per heavy atom. The Hall–Kier alpha value is -1.02. The van der Waals surface area contributed by atoms with Crippen LogP contribution in [0.3, 0.4) is 0 Å². The Balaban J connectivity index is 2.15. The standard InChI is InChI=1S/C16H26N2/c1-4-7-14-8-5-6-9-16(14)18-11-10-17-15(12-18)13(2)3/h5-6,8-9,13,15,17H,4,7,10-12H2,1-3H3. The summed E-state index contributed by atoms with van der Waals surface area (Å²) in [5.41, 5.74) is 2.95. The third kappa shape index (κ3) is 3.05. The first-order chi connectivity index (χ1) is 8.72. The molecule has 1 heterocycles. The van der Waals surface area contributed by atoms with E-state index >= 15 is 0 Å². The average Bonchev–Trinajstić information content (AvgIpc) is 2.40. The SMILES string of the molecule is CCCc1ccccc1N1CCNC(C(C)C)C1. The van der Waals surface area contributed by atoms with Gasteiger partial charge in [-0.25, -0.2) is 0 Å². The molecule has 0 saturated carbocycles. The Morgan fingerprint density at radius 1 is 1.33 bits per heavy atom. The highest BCUT2D eigenvalue weighted by Gasteiger charge is 2.22. The van der Waals surface area contributed by atoms with Crippen LogP contribution in [0, 0.1) is 5.92 Å². The highest BCUT2D eigenvalue weighted by atomic mass is 15.2. The molecule has 0 spiro atoms. The first-order valence-corrected chi connectivity index (χ1v) is 7.28. The maximum atomic E-state index is 3.63. The number of para-hydroxylation sites is 1. The van der Waals surface area contributed by atoms with Gasteiger partial charge in [0.15, 0.2) is 0 Å². The zero-order chi connectivity index (χ0) is 13.0. The number of hydrogen-bond acceptors (Lipinski definition) is 2. The molecule has 1 atom stereocenters. The van der Waals surface area contributed by atoms with Crippen molar-refractivity contribution < 1.29 is 0 Å². The van der Waals surface area contributed by atoms with Crippen LogP contribution in [0.1, 0.15) is 32.8 Å². The van der Waals surface area contributed by atoms with Crippen molar-refractivity contribution in [2.45, 2.75) is 39.7 Å². The van der Waals surface area contributed by atoms with Crippen molar-refractivity contribution >= 4 is 5.69 Å². The molecule has 0 aromatic heterocycles. The molecule has 18 heavy (non-hydrogen) atoms. The molecular weight excluding hydrogens is 220 g/mol. The maximum absolute atomic E-state index is 3.63. The number of anilines is 1. The molecule has 0 radical (unpaired) electrons. The summed E-state index contributed by atoms with van der Waals surface area (Å²) in [6.07, 6.45) is 2.41. The number of hydrogen-bond donors (Lipinski definition) is 1. The minimum Gasteiger partial charge on any atom is -0.368 e. The Labute approximate surface area is 111 Å². The number of nitrogens with zero attached hydrogens (tertiary/aromatic N) is 1. The molecule has 2 nitrogen and oxygen atoms in total. The van der Waals surface area contributed by atoms with E-state index in [-0.39, 0.29) is 0 Å². The van der Waals surface area contributed by atoms with Gasteiger partial charge >= 0.3 is 0 Å². The van der Waals surface area contributed by atoms with Gasteiger partial charge in [0.2, 0.25) is 0 Å². The van der Waals surface area contributed by atoms with Gasteiger partial charge in [0.1, 0.15) is 0 Å². The molecule has 1 N–H and O–H groups in total. The van der Waals surface area contributed by atoms with Gasteiger partial charge in [-0.3, -0.25) is 0 Å². The maximum Gasteiger partial charge on any atom is 0.0399 e. The van der Waals surface area contributed by atoms with E-state index in [1.165, 1.54) is 24.1 Å². The van der Waals surface area contributed by atoms with Gasteiger partial charge in [-0.2, -0.15) is 0 Å². The molecule has 1 aromatic carbocycles. The summed E-state index contributed by atoms with van der Waals surface area (Å²) in [6, 6.07) is 9.52. The predicted octanol–water partition coefficient (Wildman–Crippen LogP) is 3.07. The summed E-state index contributed by atoms with van der Waals surface area (Å²) >= 11 is 0. The lowest BCUT2D eigenvalue weighted by Crippen LogP contribution is -2.53. The van der Waals surface area contributed by atoms with Crippen molar-refractivity contribution in [3.8, 4) is 0 Å². The van der Waals surface area contributed by atoms with Gasteiger partial charge < -0.3 is 10.2 Å². The predicted molar refractivity (Wildman–Crippen MR) is 79.3 cm³/mol. The van der Waals surface area contributed by atoms with Crippen molar-refractivity contribution in [1.82, 2.24) is 5.32 Å². The monoisotopic (exact) mass is 246 g/mol. The largest absolute Gasteiger partial charge is 0.368 e. The molecule has 1 saturated heterocycles. The van der Waals surface area contributed by atoms with Crippen LogP contribution < -0.4 is 10.2 Å². The average molecular weight is 246 g/mol. The number of benzene rings is 1. The summed E-state index contributed by atoms with van der Waals surface area (Å²) in [4.78, 5) is 2.56. The normalized spacial score (nSPS) is 20.4. The molecule has 1 unspecified atom stereocenters. The van der Waals surface area contributed by atoms with Gasteiger partial charge in [0.25, 0.3) is 0 Å². The lowest BCUT2D eigenvalue weighted by molar-refractivity contribution is 0.368. The van der Waals surface area contributed by atoms with Crippen molar-refractivity contribution in [3.63, 3.8) is 0 Å². The quantitative estimate of drug-likeness (QED) is 0.878. The summed E-state index contributed by atoms with van der Waals surface area (Å²) in [7, 11) is 0. The molecular formula is C16H26N2. The molecule has 0 amide bonds. The lowest BCUT2D eigenvalue weighted by atomic mass is 10.00. The van der Waals surface area contributed by atoms with Crippen LogP contribution in [0.4, 0.5) is 5.69 Å². The third-order valence-electron chi connectivity index (χ3n) is 3.86. The van der Waals surface area contributed by atoms with Crippen molar-refractivity contribution in [2.75, 3.05) is 24.5 Å². The van der Waals surface area contributed by atoms with Crippen molar-refractivity contribution in [1.29, 1.82) is 0 Å². The number of rotatable bonds is 4. The van der Waals surface area contributed by atoms with E-state index < -0.39 is 0 Å². The molecule has 2 rings (SSSR count). The fraction of sp³-hybridized carbons (Fsp3) is 0.625. The van der Waals surface area contributed by atoms with Crippen LogP contribution >= 0.6 is 0 Å². The van der Waals surface area contributed by atoms with Gasteiger partial charge in [-0.15, -0.1) is 0 Å². The summed E-state index contributed by atoms with van der Waals surface area (Å²) in [6.45, 7) is 10.2. The van der Waals surface area contributed by atoms with Gasteiger partial charge in [-0.1, -0.05) is 45.4 Å². The van der Waals surface area contributed by atoms with E-state index in [0.717, 1.165) is 19.6 Å². The molecule has 100 valence electrons. The van der Waals surface area contributed by atoms with E-state index in [2.05, 4.69) is 55.3 Å². The molecule has 0 aliphatic carbocycles. The fourth-order valence-electron chi connectivity index (χ4n) is 2.74. The number of piperazine rings is 1. The molecule has 1 aromatic rings. The van der Waals surface area contributed by atoms with Crippen LogP contribution in [-0.2, 0) is 6.42 Å². The molecule has 1 aliphatic rings. The van der Waals surface area contributed by atoms with Crippen LogP contribution in [0.15, 0.2) is 24.3 Å². The minimum atomic E-state index is 0.619. The van der Waals surface area contributed by atoms with Gasteiger partial charge in [-0.05, 0) is 24.0 Å². The van der Waals surface area contributed by atoms with E-state index in [1.54, 1.807) is 0 Å². The van der Waals surface area contributed by atoms with Crippen molar-refractivity contribution in [2.24, 2.45) is 5.92 Å². The van der Waals surface area contributed by atoms with Crippen LogP contribution in [0.5, 0.6) is 0 Å². The second-order valence-electron chi connectivity index (χ2n) is 5.63. The molecule has 1 aliphatic heterocycles. The van der Waals surface area contributed by atoms with E-state index in [0.29, 0.717) is 12.0 Å². The third-order valence-corrected chi connectivity index (χ3v) is 3.86. The lowest BCUT2D eigenvalue weighted by Gasteiger charge is -2.38. The van der Waals surface area contributed by atoms with E-state index in [4.69, 9.17) is 0 Å². The number of nitrogens with one attached hydrogen (secondary N) is 1. The Morgan fingerprint density at radius 2 is 2.11 bits per heavy atom. The summed E-state index contributed by atoms with van der Waals surface area (Å²) in [5, 5.41) is 3.63. The van der Waals surface area contributed by atoms with Crippen LogP contribution in [0.2, 0.25) is 0 Å². The highest BCUT2D eigenvalue weighted by molar-refractivity contribution is 5.54. The zero-order valence-electron chi connectivity index (χ0n) is 11.9. The van der Waals surface area contributed by atoms with Gasteiger partial charge in [0.05, 0.1) is 0 Å². The van der Waals surface area contributed by atoms with Crippen molar-refractivity contribution in [3.05, 3.63) is 29.8 Å². The second kappa shape index (κ2) is 6.24. The summed E-state index contributed by atoms with van der Waals surface area (Å²) in [5.74, 6) is 0.700. The second-order valence-corrected chi connectivity index (χ2v) is 5.63. The molecule has 0 bridgehead atoms. The Kier molecular flexibility index (Phi) is 4.65. The Bertz CT molecular complexity index is 373. The number of aryl methyl sites for hydroxylation is 1. The smallest absolute Gasteiger partial charge is 0.0399 e. The minimum absolute atomic E-state index is 0.619. The van der Waals surface area contributed by atoms with E-state index in [1.807, 2.05) is 0 Å². The summed E-state index contributed by atoms with van der Waals surface area (Å²) < 4.78 is 0. The zero-order valence-corrected chi connectivity index (χ0v) is 11.9. The first kappa shape index (κ1) is 13.4. The molecule has 2 heteroatoms. The first-order valence-electron chi connectivity index (χ1n) is 7.28.